The Kier molecular flexibility index (Phi) is 7.28. The first kappa shape index (κ1) is 19.1. The summed E-state index contributed by atoms with van der Waals surface area (Å²) in [6.45, 7) is 6.13. The Balaban J connectivity index is 1.37. The molecule has 0 aliphatic carbocycles. The average molecular weight is 392 g/mol. The van der Waals surface area contributed by atoms with Crippen molar-refractivity contribution in [3.8, 4) is 0 Å². The van der Waals surface area contributed by atoms with Gasteiger partial charge in [-0.15, -0.1) is 10.2 Å². The fraction of sp³-hybridized carbons (Fsp3) is 0.500. The largest absolute Gasteiger partial charge is 0.356 e. The minimum Gasteiger partial charge on any atom is -0.356 e. The van der Waals surface area contributed by atoms with Crippen molar-refractivity contribution < 1.29 is 4.79 Å². The molecule has 2 aromatic rings. The number of nitrogens with zero attached hydrogens (tertiary/aromatic N) is 3. The molecule has 6 nitrogen and oxygen atoms in total. The maximum absolute atomic E-state index is 12.1. The van der Waals surface area contributed by atoms with Gasteiger partial charge in [0.2, 0.25) is 11.0 Å². The van der Waals surface area contributed by atoms with E-state index >= 15 is 0 Å². The van der Waals surface area contributed by atoms with E-state index in [2.05, 4.69) is 44.8 Å². The molecule has 0 bridgehead atoms. The highest BCUT2D eigenvalue weighted by Crippen LogP contribution is 2.25. The maximum atomic E-state index is 12.1. The average Bonchev–Trinajstić information content (AvgIpc) is 3.14. The van der Waals surface area contributed by atoms with E-state index in [9.17, 15) is 4.79 Å². The number of aromatic nitrogens is 2. The Labute approximate surface area is 162 Å². The Bertz CT molecular complexity index is 686. The molecule has 26 heavy (non-hydrogen) atoms. The molecule has 0 atom stereocenters. The number of hydrogen-bond acceptors (Lipinski definition) is 7. The normalized spacial score (nSPS) is 15.7. The Morgan fingerprint density at radius 3 is 2.77 bits per heavy atom. The van der Waals surface area contributed by atoms with Crippen LogP contribution in [0.25, 0.3) is 0 Å². The maximum Gasteiger partial charge on any atom is 0.230 e. The standard InChI is InChI=1S/C18H25N5OS2/c1-2-23-10-8-15(9-11-23)20-16(24)13-25-18-22-21-17(26-18)19-12-14-6-4-3-5-7-14/h3-7,15H,2,8-13H2,1H3,(H,19,21)(H,20,24). The predicted molar refractivity (Wildman–Crippen MR) is 108 cm³/mol. The molecule has 0 unspecified atom stereocenters. The molecule has 0 radical (unpaired) electrons. The van der Waals surface area contributed by atoms with E-state index < -0.39 is 0 Å². The van der Waals surface area contributed by atoms with Crippen LogP contribution in [0.2, 0.25) is 0 Å². The van der Waals surface area contributed by atoms with Crippen LogP contribution in [0.3, 0.4) is 0 Å². The molecule has 1 aromatic carbocycles. The van der Waals surface area contributed by atoms with Crippen LogP contribution in [0.1, 0.15) is 25.3 Å². The van der Waals surface area contributed by atoms with Crippen LogP contribution in [0.15, 0.2) is 34.7 Å². The number of likely N-dealkylation sites (tertiary alicyclic amines) is 1. The molecule has 8 heteroatoms. The second-order valence-electron chi connectivity index (χ2n) is 6.28. The summed E-state index contributed by atoms with van der Waals surface area (Å²) in [5.41, 5.74) is 1.20. The van der Waals surface area contributed by atoms with Crippen LogP contribution >= 0.6 is 23.1 Å². The summed E-state index contributed by atoms with van der Waals surface area (Å²) in [7, 11) is 0. The molecule has 1 fully saturated rings. The minimum atomic E-state index is 0.0824. The fourth-order valence-corrected chi connectivity index (χ4v) is 4.46. The highest BCUT2D eigenvalue weighted by Gasteiger charge is 2.19. The molecular formula is C18H25N5OS2. The quantitative estimate of drug-likeness (QED) is 0.675. The third-order valence-electron chi connectivity index (χ3n) is 4.42. The number of benzene rings is 1. The van der Waals surface area contributed by atoms with Crippen molar-refractivity contribution in [2.24, 2.45) is 0 Å². The van der Waals surface area contributed by atoms with Gasteiger partial charge in [-0.25, -0.2) is 0 Å². The van der Waals surface area contributed by atoms with Crippen LogP contribution in [0, 0.1) is 0 Å². The summed E-state index contributed by atoms with van der Waals surface area (Å²) in [6.07, 6.45) is 2.08. The number of carbonyl (C=O) groups is 1. The molecule has 3 rings (SSSR count). The number of anilines is 1. The number of piperidine rings is 1. The molecule has 0 saturated carbocycles. The topological polar surface area (TPSA) is 70.2 Å². The number of rotatable bonds is 8. The summed E-state index contributed by atoms with van der Waals surface area (Å²) in [5, 5.41) is 15.5. The lowest BCUT2D eigenvalue weighted by Gasteiger charge is -2.31. The second kappa shape index (κ2) is 9.89. The van der Waals surface area contributed by atoms with Gasteiger partial charge in [-0.05, 0) is 24.9 Å². The van der Waals surface area contributed by atoms with Crippen LogP contribution in [0.5, 0.6) is 0 Å². The van der Waals surface area contributed by atoms with Crippen LogP contribution in [-0.4, -0.2) is 52.4 Å². The molecular weight excluding hydrogens is 366 g/mol. The molecule has 1 aliphatic rings. The molecule has 1 aromatic heterocycles. The van der Waals surface area contributed by atoms with Gasteiger partial charge in [0, 0.05) is 25.7 Å². The molecule has 1 saturated heterocycles. The summed E-state index contributed by atoms with van der Waals surface area (Å²) in [6, 6.07) is 10.5. The van der Waals surface area contributed by atoms with Crippen molar-refractivity contribution in [3.63, 3.8) is 0 Å². The molecule has 2 N–H and O–H groups in total. The van der Waals surface area contributed by atoms with Gasteiger partial charge in [0.25, 0.3) is 0 Å². The lowest BCUT2D eigenvalue weighted by atomic mass is 10.1. The lowest BCUT2D eigenvalue weighted by Crippen LogP contribution is -2.45. The first-order valence-electron chi connectivity index (χ1n) is 8.98. The van der Waals surface area contributed by atoms with Gasteiger partial charge >= 0.3 is 0 Å². The number of carbonyl (C=O) groups excluding carboxylic acids is 1. The number of hydrogen-bond donors (Lipinski definition) is 2. The van der Waals surface area contributed by atoms with E-state index in [-0.39, 0.29) is 5.91 Å². The van der Waals surface area contributed by atoms with Crippen LogP contribution in [0.4, 0.5) is 5.13 Å². The third kappa shape index (κ3) is 5.96. The fourth-order valence-electron chi connectivity index (χ4n) is 2.90. The Hall–Kier alpha value is -1.64. The van der Waals surface area contributed by atoms with E-state index in [0.717, 1.165) is 48.5 Å². The highest BCUT2D eigenvalue weighted by atomic mass is 32.2. The molecule has 140 valence electrons. The number of nitrogens with one attached hydrogen (secondary N) is 2. The zero-order valence-corrected chi connectivity index (χ0v) is 16.6. The summed E-state index contributed by atoms with van der Waals surface area (Å²) >= 11 is 2.93. The summed E-state index contributed by atoms with van der Waals surface area (Å²) in [5.74, 6) is 0.473. The van der Waals surface area contributed by atoms with Gasteiger partial charge in [-0.3, -0.25) is 4.79 Å². The first-order chi connectivity index (χ1) is 12.7. The van der Waals surface area contributed by atoms with Crippen LogP contribution in [-0.2, 0) is 11.3 Å². The van der Waals surface area contributed by atoms with Crippen molar-refractivity contribution >= 4 is 34.1 Å². The second-order valence-corrected chi connectivity index (χ2v) is 8.48. The van der Waals surface area contributed by atoms with Gasteiger partial charge in [0.1, 0.15) is 0 Å². The van der Waals surface area contributed by atoms with Crippen molar-refractivity contribution in [1.82, 2.24) is 20.4 Å². The predicted octanol–water partition coefficient (Wildman–Crippen LogP) is 2.84. The molecule has 2 heterocycles. The minimum absolute atomic E-state index is 0.0824. The van der Waals surface area contributed by atoms with E-state index in [0.29, 0.717) is 11.8 Å². The van der Waals surface area contributed by atoms with Gasteiger partial charge in [0.05, 0.1) is 5.75 Å². The van der Waals surface area contributed by atoms with Gasteiger partial charge < -0.3 is 15.5 Å². The SMILES string of the molecule is CCN1CCC(NC(=O)CSc2nnc(NCc3ccccc3)s2)CC1. The monoisotopic (exact) mass is 391 g/mol. The molecule has 1 aliphatic heterocycles. The molecule has 0 spiro atoms. The van der Waals surface area contributed by atoms with Crippen molar-refractivity contribution in [1.29, 1.82) is 0 Å². The van der Waals surface area contributed by atoms with E-state index in [1.54, 1.807) is 0 Å². The van der Waals surface area contributed by atoms with Crippen molar-refractivity contribution in [2.75, 3.05) is 30.7 Å². The van der Waals surface area contributed by atoms with Crippen molar-refractivity contribution in [3.05, 3.63) is 35.9 Å². The smallest absolute Gasteiger partial charge is 0.230 e. The third-order valence-corrected chi connectivity index (χ3v) is 6.43. The van der Waals surface area contributed by atoms with E-state index in [1.165, 1.54) is 28.7 Å². The zero-order valence-electron chi connectivity index (χ0n) is 15.0. The van der Waals surface area contributed by atoms with E-state index in [1.807, 2.05) is 18.2 Å². The van der Waals surface area contributed by atoms with Crippen LogP contribution < -0.4 is 10.6 Å². The number of amides is 1. The van der Waals surface area contributed by atoms with E-state index in [4.69, 9.17) is 0 Å². The zero-order chi connectivity index (χ0) is 18.2. The lowest BCUT2D eigenvalue weighted by molar-refractivity contribution is -0.119. The first-order valence-corrected chi connectivity index (χ1v) is 10.8. The number of thioether (sulfide) groups is 1. The van der Waals surface area contributed by atoms with Crippen molar-refractivity contribution in [2.45, 2.75) is 36.7 Å². The molecule has 1 amide bonds. The highest BCUT2D eigenvalue weighted by molar-refractivity contribution is 8.01. The summed E-state index contributed by atoms with van der Waals surface area (Å²) in [4.78, 5) is 14.6. The summed E-state index contributed by atoms with van der Waals surface area (Å²) < 4.78 is 0.816. The Morgan fingerprint density at radius 2 is 2.04 bits per heavy atom. The Morgan fingerprint density at radius 1 is 1.27 bits per heavy atom. The van der Waals surface area contributed by atoms with Gasteiger partial charge in [0.15, 0.2) is 4.34 Å². The van der Waals surface area contributed by atoms with Gasteiger partial charge in [-0.2, -0.15) is 0 Å². The van der Waals surface area contributed by atoms with Gasteiger partial charge in [-0.1, -0.05) is 60.4 Å².